The molecule has 4 heteroatoms. The lowest BCUT2D eigenvalue weighted by atomic mass is 10.1. The molecular formula is C19H15BrN2O. The molecule has 1 heterocycles. The van der Waals surface area contributed by atoms with Crippen LogP contribution in [0.25, 0.3) is 0 Å². The van der Waals surface area contributed by atoms with Crippen molar-refractivity contribution in [3.63, 3.8) is 0 Å². The molecule has 0 atom stereocenters. The van der Waals surface area contributed by atoms with E-state index in [9.17, 15) is 4.79 Å². The summed E-state index contributed by atoms with van der Waals surface area (Å²) in [6.45, 7) is 0. The summed E-state index contributed by atoms with van der Waals surface area (Å²) in [5, 5.41) is 2.90. The maximum absolute atomic E-state index is 12.2. The van der Waals surface area contributed by atoms with Crippen molar-refractivity contribution in [2.75, 3.05) is 5.32 Å². The predicted octanol–water partition coefficient (Wildman–Crippen LogP) is 4.69. The van der Waals surface area contributed by atoms with E-state index in [1.807, 2.05) is 48.5 Å². The van der Waals surface area contributed by atoms with E-state index in [1.54, 1.807) is 24.5 Å². The molecule has 0 aliphatic heterocycles. The van der Waals surface area contributed by atoms with Crippen LogP contribution in [0, 0.1) is 0 Å². The van der Waals surface area contributed by atoms with Crippen LogP contribution in [0.5, 0.6) is 0 Å². The van der Waals surface area contributed by atoms with Gasteiger partial charge in [0.25, 0.3) is 5.91 Å². The third-order valence-corrected chi connectivity index (χ3v) is 4.00. The van der Waals surface area contributed by atoms with Gasteiger partial charge < -0.3 is 5.32 Å². The van der Waals surface area contributed by atoms with E-state index in [-0.39, 0.29) is 5.91 Å². The van der Waals surface area contributed by atoms with Crippen molar-refractivity contribution in [3.8, 4) is 0 Å². The van der Waals surface area contributed by atoms with E-state index >= 15 is 0 Å². The Morgan fingerprint density at radius 1 is 0.870 bits per heavy atom. The Morgan fingerprint density at radius 2 is 1.48 bits per heavy atom. The van der Waals surface area contributed by atoms with Crippen LogP contribution in [0.1, 0.15) is 21.5 Å². The van der Waals surface area contributed by atoms with Crippen LogP contribution < -0.4 is 5.32 Å². The van der Waals surface area contributed by atoms with Gasteiger partial charge in [0.15, 0.2) is 0 Å². The standard InChI is InChI=1S/C19H15BrN2O/c20-17-5-3-16(4-6-17)19(23)22-18-7-1-14(2-8-18)13-15-9-11-21-12-10-15/h1-12H,13H2,(H,22,23). The fourth-order valence-electron chi connectivity index (χ4n) is 2.25. The normalized spacial score (nSPS) is 10.3. The molecular weight excluding hydrogens is 352 g/mol. The number of pyridine rings is 1. The smallest absolute Gasteiger partial charge is 0.255 e. The van der Waals surface area contributed by atoms with Gasteiger partial charge in [0.05, 0.1) is 0 Å². The number of hydrogen-bond acceptors (Lipinski definition) is 2. The number of halogens is 1. The quantitative estimate of drug-likeness (QED) is 0.727. The Balaban J connectivity index is 1.65. The Hall–Kier alpha value is -2.46. The minimum absolute atomic E-state index is 0.112. The minimum Gasteiger partial charge on any atom is -0.322 e. The summed E-state index contributed by atoms with van der Waals surface area (Å²) >= 11 is 3.36. The van der Waals surface area contributed by atoms with Crippen LogP contribution in [-0.2, 0) is 6.42 Å². The molecule has 0 saturated heterocycles. The third kappa shape index (κ3) is 4.27. The molecule has 3 aromatic rings. The first-order valence-corrected chi connectivity index (χ1v) is 8.05. The molecule has 0 saturated carbocycles. The largest absolute Gasteiger partial charge is 0.322 e. The summed E-state index contributed by atoms with van der Waals surface area (Å²) in [6, 6.07) is 19.2. The molecule has 0 bridgehead atoms. The zero-order valence-electron chi connectivity index (χ0n) is 12.4. The first-order valence-electron chi connectivity index (χ1n) is 7.25. The van der Waals surface area contributed by atoms with E-state index in [2.05, 4.69) is 26.2 Å². The van der Waals surface area contributed by atoms with Crippen LogP contribution in [0.15, 0.2) is 77.5 Å². The number of anilines is 1. The Bertz CT molecular complexity index is 784. The summed E-state index contributed by atoms with van der Waals surface area (Å²) in [6.07, 6.45) is 4.44. The first-order chi connectivity index (χ1) is 11.2. The third-order valence-electron chi connectivity index (χ3n) is 3.48. The number of aromatic nitrogens is 1. The van der Waals surface area contributed by atoms with E-state index in [1.165, 1.54) is 11.1 Å². The van der Waals surface area contributed by atoms with Gasteiger partial charge in [0.2, 0.25) is 0 Å². The van der Waals surface area contributed by atoms with Crippen molar-refractivity contribution in [1.82, 2.24) is 4.98 Å². The highest BCUT2D eigenvalue weighted by Gasteiger charge is 2.05. The molecule has 1 amide bonds. The second-order valence-corrected chi connectivity index (χ2v) is 6.11. The molecule has 0 aliphatic rings. The topological polar surface area (TPSA) is 42.0 Å². The average molecular weight is 367 g/mol. The second-order valence-electron chi connectivity index (χ2n) is 5.19. The van der Waals surface area contributed by atoms with Crippen molar-refractivity contribution >= 4 is 27.5 Å². The Morgan fingerprint density at radius 3 is 2.13 bits per heavy atom. The van der Waals surface area contributed by atoms with Crippen molar-refractivity contribution in [2.45, 2.75) is 6.42 Å². The SMILES string of the molecule is O=C(Nc1ccc(Cc2ccncc2)cc1)c1ccc(Br)cc1. The van der Waals surface area contributed by atoms with Crippen LogP contribution in [0.2, 0.25) is 0 Å². The van der Waals surface area contributed by atoms with Crippen LogP contribution in [0.3, 0.4) is 0 Å². The number of carbonyl (C=O) groups is 1. The van der Waals surface area contributed by atoms with Gasteiger partial charge in [-0.3, -0.25) is 9.78 Å². The maximum Gasteiger partial charge on any atom is 0.255 e. The number of nitrogens with one attached hydrogen (secondary N) is 1. The average Bonchev–Trinajstić information content (AvgIpc) is 2.58. The molecule has 3 rings (SSSR count). The number of rotatable bonds is 4. The Labute approximate surface area is 143 Å². The highest BCUT2D eigenvalue weighted by atomic mass is 79.9. The van der Waals surface area contributed by atoms with Crippen LogP contribution >= 0.6 is 15.9 Å². The lowest BCUT2D eigenvalue weighted by Gasteiger charge is -2.07. The van der Waals surface area contributed by atoms with Crippen molar-refractivity contribution in [2.24, 2.45) is 0 Å². The zero-order valence-corrected chi connectivity index (χ0v) is 14.0. The molecule has 0 radical (unpaired) electrons. The molecule has 0 spiro atoms. The van der Waals surface area contributed by atoms with Crippen molar-refractivity contribution in [3.05, 3.63) is 94.2 Å². The van der Waals surface area contributed by atoms with Gasteiger partial charge >= 0.3 is 0 Å². The van der Waals surface area contributed by atoms with Gasteiger partial charge in [-0.05, 0) is 66.1 Å². The maximum atomic E-state index is 12.2. The predicted molar refractivity (Wildman–Crippen MR) is 95.6 cm³/mol. The van der Waals surface area contributed by atoms with E-state index in [0.717, 1.165) is 16.6 Å². The van der Waals surface area contributed by atoms with Crippen LogP contribution in [-0.4, -0.2) is 10.9 Å². The molecule has 0 unspecified atom stereocenters. The molecule has 1 aromatic heterocycles. The first kappa shape index (κ1) is 15.4. The molecule has 3 nitrogen and oxygen atoms in total. The molecule has 2 aromatic carbocycles. The number of amides is 1. The van der Waals surface area contributed by atoms with E-state index < -0.39 is 0 Å². The van der Waals surface area contributed by atoms with Crippen molar-refractivity contribution < 1.29 is 4.79 Å². The fraction of sp³-hybridized carbons (Fsp3) is 0.0526. The summed E-state index contributed by atoms with van der Waals surface area (Å²) in [5.74, 6) is -0.112. The lowest BCUT2D eigenvalue weighted by Crippen LogP contribution is -2.11. The number of hydrogen-bond donors (Lipinski definition) is 1. The highest BCUT2D eigenvalue weighted by molar-refractivity contribution is 9.10. The summed E-state index contributed by atoms with van der Waals surface area (Å²) in [4.78, 5) is 16.2. The number of benzene rings is 2. The van der Waals surface area contributed by atoms with Gasteiger partial charge in [-0.1, -0.05) is 28.1 Å². The van der Waals surface area contributed by atoms with Gasteiger partial charge in [0.1, 0.15) is 0 Å². The summed E-state index contributed by atoms with van der Waals surface area (Å²) in [5.41, 5.74) is 3.83. The lowest BCUT2D eigenvalue weighted by molar-refractivity contribution is 0.102. The molecule has 0 aliphatic carbocycles. The fourth-order valence-corrected chi connectivity index (χ4v) is 2.51. The molecule has 0 fully saturated rings. The van der Waals surface area contributed by atoms with E-state index in [4.69, 9.17) is 0 Å². The molecule has 1 N–H and O–H groups in total. The zero-order chi connectivity index (χ0) is 16.1. The van der Waals surface area contributed by atoms with Crippen LogP contribution in [0.4, 0.5) is 5.69 Å². The van der Waals surface area contributed by atoms with Gasteiger partial charge in [0, 0.05) is 28.1 Å². The van der Waals surface area contributed by atoms with Gasteiger partial charge in [-0.25, -0.2) is 0 Å². The highest BCUT2D eigenvalue weighted by Crippen LogP contribution is 2.15. The monoisotopic (exact) mass is 366 g/mol. The second kappa shape index (κ2) is 7.20. The van der Waals surface area contributed by atoms with Gasteiger partial charge in [-0.15, -0.1) is 0 Å². The number of nitrogens with zero attached hydrogens (tertiary/aromatic N) is 1. The molecule has 23 heavy (non-hydrogen) atoms. The van der Waals surface area contributed by atoms with Gasteiger partial charge in [-0.2, -0.15) is 0 Å². The van der Waals surface area contributed by atoms with Crippen molar-refractivity contribution in [1.29, 1.82) is 0 Å². The molecule has 114 valence electrons. The minimum atomic E-state index is -0.112. The summed E-state index contributed by atoms with van der Waals surface area (Å²) < 4.78 is 0.953. The summed E-state index contributed by atoms with van der Waals surface area (Å²) in [7, 11) is 0. The Kier molecular flexibility index (Phi) is 4.83. The number of carbonyl (C=O) groups excluding carboxylic acids is 1. The van der Waals surface area contributed by atoms with E-state index in [0.29, 0.717) is 5.56 Å².